The maximum atomic E-state index is 12.5. The number of ketones is 1. The number of hydrogen-bond acceptors (Lipinski definition) is 5. The van der Waals surface area contributed by atoms with Crippen LogP contribution in [-0.4, -0.2) is 11.8 Å². The number of esters is 1. The summed E-state index contributed by atoms with van der Waals surface area (Å²) in [7, 11) is 0. The molecule has 0 unspecified atom stereocenters. The van der Waals surface area contributed by atoms with Crippen molar-refractivity contribution in [3.8, 4) is 5.75 Å². The van der Waals surface area contributed by atoms with E-state index in [0.29, 0.717) is 22.7 Å². The van der Waals surface area contributed by atoms with Crippen molar-refractivity contribution in [2.45, 2.75) is 51.9 Å². The number of ether oxygens (including phenoxy) is 1. The van der Waals surface area contributed by atoms with Gasteiger partial charge in [-0.15, -0.1) is 0 Å². The highest BCUT2D eigenvalue weighted by Gasteiger charge is 2.11. The third-order valence-corrected chi connectivity index (χ3v) is 5.79. The van der Waals surface area contributed by atoms with E-state index in [-0.39, 0.29) is 11.3 Å². The second-order valence-electron chi connectivity index (χ2n) is 8.76. The molecule has 0 aliphatic heterocycles. The van der Waals surface area contributed by atoms with Crippen LogP contribution in [0.5, 0.6) is 5.75 Å². The van der Waals surface area contributed by atoms with Gasteiger partial charge in [-0.1, -0.05) is 69.4 Å². The highest BCUT2D eigenvalue weighted by molar-refractivity contribution is 6.06. The van der Waals surface area contributed by atoms with Crippen LogP contribution >= 0.6 is 0 Å². The second kappa shape index (κ2) is 13.1. The predicted octanol–water partition coefficient (Wildman–Crippen LogP) is 6.87. The smallest absolute Gasteiger partial charge is 0.343 e. The molecule has 0 saturated heterocycles. The molecule has 3 rings (SSSR count). The summed E-state index contributed by atoms with van der Waals surface area (Å²) >= 11 is 0. The molecule has 0 spiro atoms. The van der Waals surface area contributed by atoms with Gasteiger partial charge in [-0.05, 0) is 72.5 Å². The van der Waals surface area contributed by atoms with Gasteiger partial charge in [-0.2, -0.15) is 0 Å². The van der Waals surface area contributed by atoms with Crippen LogP contribution in [0.15, 0.2) is 72.8 Å². The molecule has 0 amide bonds. The molecule has 0 aliphatic carbocycles. The van der Waals surface area contributed by atoms with E-state index in [0.717, 1.165) is 12.0 Å². The number of aryl methyl sites for hydroxylation is 1. The number of unbranched alkanes of at least 4 members (excludes halogenated alkanes) is 5. The molecule has 0 fully saturated rings. The van der Waals surface area contributed by atoms with Gasteiger partial charge in [0.05, 0.1) is 5.56 Å². The molecule has 5 nitrogen and oxygen atoms in total. The van der Waals surface area contributed by atoms with E-state index in [1.807, 2.05) is 18.2 Å². The van der Waals surface area contributed by atoms with Crippen molar-refractivity contribution in [3.05, 3.63) is 95.1 Å². The number of nitrogen functional groups attached to an aromatic ring is 2. The number of nitrogens with two attached hydrogens (primary N) is 2. The molecular formula is C30H34N2O3. The summed E-state index contributed by atoms with van der Waals surface area (Å²) in [6, 6.07) is 19.4. The van der Waals surface area contributed by atoms with Crippen LogP contribution < -0.4 is 16.2 Å². The molecule has 0 radical (unpaired) electrons. The monoisotopic (exact) mass is 470 g/mol. The normalized spacial score (nSPS) is 11.0. The Morgan fingerprint density at radius 3 is 2.06 bits per heavy atom. The topological polar surface area (TPSA) is 95.4 Å². The van der Waals surface area contributed by atoms with Crippen LogP contribution in [0.1, 0.15) is 77.3 Å². The lowest BCUT2D eigenvalue weighted by Gasteiger charge is -2.06. The third-order valence-electron chi connectivity index (χ3n) is 5.79. The minimum absolute atomic E-state index is 0.123. The summed E-state index contributed by atoms with van der Waals surface area (Å²) in [4.78, 5) is 24.9. The highest BCUT2D eigenvalue weighted by atomic mass is 16.5. The molecule has 0 aliphatic rings. The van der Waals surface area contributed by atoms with Crippen molar-refractivity contribution >= 4 is 29.2 Å². The average Bonchev–Trinajstić information content (AvgIpc) is 2.85. The summed E-state index contributed by atoms with van der Waals surface area (Å²) in [5, 5.41) is 0. The molecule has 3 aromatic rings. The van der Waals surface area contributed by atoms with Crippen LogP contribution in [0.25, 0.3) is 6.08 Å². The zero-order chi connectivity index (χ0) is 25.0. The third kappa shape index (κ3) is 8.45. The summed E-state index contributed by atoms with van der Waals surface area (Å²) in [5.74, 6) is -0.358. The lowest BCUT2D eigenvalue weighted by molar-refractivity contribution is 0.0735. The Balaban J connectivity index is 1.49. The van der Waals surface area contributed by atoms with Crippen LogP contribution in [0, 0.1) is 0 Å². The van der Waals surface area contributed by atoms with E-state index in [1.54, 1.807) is 36.4 Å². The van der Waals surface area contributed by atoms with E-state index in [2.05, 4.69) is 19.1 Å². The fourth-order valence-corrected chi connectivity index (χ4v) is 3.82. The van der Waals surface area contributed by atoms with Gasteiger partial charge >= 0.3 is 5.97 Å². The maximum Gasteiger partial charge on any atom is 0.343 e. The number of carbonyl (C=O) groups excluding carboxylic acids is 2. The minimum atomic E-state index is -0.567. The predicted molar refractivity (Wildman–Crippen MR) is 144 cm³/mol. The molecule has 0 aromatic heterocycles. The standard InChI is InChI=1S/C30H34N2O3/c1-2-3-4-5-6-7-8-22-9-11-23(12-10-22)13-18-29(33)24-14-16-28(17-15-24)35-30(34)25-19-26(31)21-27(32)20-25/h9-21H,2-8,31-32H2,1H3/b18-13+. The lowest BCUT2D eigenvalue weighted by Crippen LogP contribution is -2.09. The fourth-order valence-electron chi connectivity index (χ4n) is 3.82. The van der Waals surface area contributed by atoms with E-state index in [4.69, 9.17) is 16.2 Å². The fraction of sp³-hybridized carbons (Fsp3) is 0.267. The van der Waals surface area contributed by atoms with Crippen LogP contribution in [0.2, 0.25) is 0 Å². The number of benzene rings is 3. The molecule has 35 heavy (non-hydrogen) atoms. The van der Waals surface area contributed by atoms with E-state index < -0.39 is 5.97 Å². The van der Waals surface area contributed by atoms with Gasteiger partial charge in [-0.25, -0.2) is 4.79 Å². The largest absolute Gasteiger partial charge is 0.423 e. The van der Waals surface area contributed by atoms with E-state index in [1.165, 1.54) is 56.2 Å². The average molecular weight is 471 g/mol. The quantitative estimate of drug-likeness (QED) is 0.0752. The first-order valence-corrected chi connectivity index (χ1v) is 12.2. The van der Waals surface area contributed by atoms with Gasteiger partial charge in [0.15, 0.2) is 5.78 Å². The summed E-state index contributed by atoms with van der Waals surface area (Å²) in [5.41, 5.74) is 15.3. The number of rotatable bonds is 12. The Hall–Kier alpha value is -3.86. The Morgan fingerprint density at radius 1 is 0.771 bits per heavy atom. The summed E-state index contributed by atoms with van der Waals surface area (Å²) < 4.78 is 5.36. The van der Waals surface area contributed by atoms with E-state index in [9.17, 15) is 9.59 Å². The number of carbonyl (C=O) groups is 2. The zero-order valence-electron chi connectivity index (χ0n) is 20.3. The van der Waals surface area contributed by atoms with Gasteiger partial charge in [0.25, 0.3) is 0 Å². The lowest BCUT2D eigenvalue weighted by atomic mass is 10.0. The molecule has 0 bridgehead atoms. The maximum absolute atomic E-state index is 12.5. The van der Waals surface area contributed by atoms with Crippen molar-refractivity contribution in [2.75, 3.05) is 11.5 Å². The second-order valence-corrected chi connectivity index (χ2v) is 8.76. The molecule has 0 atom stereocenters. The minimum Gasteiger partial charge on any atom is -0.423 e. The first kappa shape index (κ1) is 25.8. The number of hydrogen-bond donors (Lipinski definition) is 2. The SMILES string of the molecule is CCCCCCCCc1ccc(/C=C/C(=O)c2ccc(OC(=O)c3cc(N)cc(N)c3)cc2)cc1. The Bertz CT molecular complexity index is 1130. The van der Waals surface area contributed by atoms with Gasteiger partial charge in [0.2, 0.25) is 0 Å². The van der Waals surface area contributed by atoms with Crippen LogP contribution in [0.3, 0.4) is 0 Å². The molecule has 0 heterocycles. The van der Waals surface area contributed by atoms with Gasteiger partial charge < -0.3 is 16.2 Å². The van der Waals surface area contributed by atoms with Gasteiger partial charge in [-0.3, -0.25) is 4.79 Å². The highest BCUT2D eigenvalue weighted by Crippen LogP contribution is 2.19. The first-order chi connectivity index (χ1) is 16.9. The number of allylic oxidation sites excluding steroid dienone is 1. The van der Waals surface area contributed by atoms with Gasteiger partial charge in [0, 0.05) is 16.9 Å². The van der Waals surface area contributed by atoms with Gasteiger partial charge in [0.1, 0.15) is 5.75 Å². The molecule has 3 aromatic carbocycles. The van der Waals surface area contributed by atoms with Crippen molar-refractivity contribution in [1.29, 1.82) is 0 Å². The van der Waals surface area contributed by atoms with Crippen molar-refractivity contribution < 1.29 is 14.3 Å². The summed E-state index contributed by atoms with van der Waals surface area (Å²) in [6.07, 6.45) is 12.2. The molecule has 182 valence electrons. The Kier molecular flexibility index (Phi) is 9.67. The molecule has 0 saturated carbocycles. The van der Waals surface area contributed by atoms with Crippen molar-refractivity contribution in [3.63, 3.8) is 0 Å². The summed E-state index contributed by atoms with van der Waals surface area (Å²) in [6.45, 7) is 2.24. The molecular weight excluding hydrogens is 436 g/mol. The Morgan fingerprint density at radius 2 is 1.40 bits per heavy atom. The number of anilines is 2. The first-order valence-electron chi connectivity index (χ1n) is 12.2. The zero-order valence-corrected chi connectivity index (χ0v) is 20.3. The van der Waals surface area contributed by atoms with Crippen LogP contribution in [0.4, 0.5) is 11.4 Å². The van der Waals surface area contributed by atoms with Crippen molar-refractivity contribution in [1.82, 2.24) is 0 Å². The van der Waals surface area contributed by atoms with Crippen molar-refractivity contribution in [2.24, 2.45) is 0 Å². The van der Waals surface area contributed by atoms with E-state index >= 15 is 0 Å². The van der Waals surface area contributed by atoms with Crippen LogP contribution in [-0.2, 0) is 6.42 Å². The Labute approximate surface area is 207 Å². The molecule has 5 heteroatoms. The molecule has 4 N–H and O–H groups in total.